The van der Waals surface area contributed by atoms with E-state index in [1.54, 1.807) is 6.92 Å². The predicted octanol–water partition coefficient (Wildman–Crippen LogP) is 1.82. The number of likely N-dealkylation sites (tertiary alicyclic amines) is 1. The molecule has 0 radical (unpaired) electrons. The third-order valence-electron chi connectivity index (χ3n) is 3.97. The first kappa shape index (κ1) is 20.2. The van der Waals surface area contributed by atoms with Crippen molar-refractivity contribution in [3.63, 3.8) is 0 Å². The summed E-state index contributed by atoms with van der Waals surface area (Å²) in [6.45, 7) is 2.52. The van der Waals surface area contributed by atoms with E-state index in [9.17, 15) is 18.0 Å². The second-order valence-corrected chi connectivity index (χ2v) is 9.74. The highest BCUT2D eigenvalue weighted by Gasteiger charge is 2.31. The van der Waals surface area contributed by atoms with Gasteiger partial charge in [0.05, 0.1) is 23.4 Å². The number of esters is 1. The van der Waals surface area contributed by atoms with Gasteiger partial charge in [0.15, 0.2) is 0 Å². The van der Waals surface area contributed by atoms with Gasteiger partial charge in [-0.15, -0.1) is 11.3 Å². The Kier molecular flexibility index (Phi) is 6.84. The standard InChI is InChI=1S/C15H21ClN2O5S2/c1-3-23-15(20)11-5-4-8-18(9-11)13(19)10-17(2)25(21,22)14-7-6-12(16)24-14/h6-7,11H,3-5,8-10H2,1-2H3. The molecule has 1 aliphatic rings. The summed E-state index contributed by atoms with van der Waals surface area (Å²) in [5.41, 5.74) is 0. The van der Waals surface area contributed by atoms with Crippen molar-refractivity contribution < 1.29 is 22.7 Å². The van der Waals surface area contributed by atoms with Crippen molar-refractivity contribution in [2.75, 3.05) is 33.3 Å². The molecule has 0 saturated carbocycles. The first-order valence-electron chi connectivity index (χ1n) is 7.91. The molecular weight excluding hydrogens is 388 g/mol. The molecule has 0 spiro atoms. The van der Waals surface area contributed by atoms with Crippen LogP contribution in [0.3, 0.4) is 0 Å². The molecule has 7 nitrogen and oxygen atoms in total. The van der Waals surface area contributed by atoms with E-state index in [1.165, 1.54) is 24.1 Å². The number of rotatable bonds is 6. The lowest BCUT2D eigenvalue weighted by atomic mass is 9.98. The molecule has 1 unspecified atom stereocenters. The van der Waals surface area contributed by atoms with Gasteiger partial charge in [-0.1, -0.05) is 11.6 Å². The number of likely N-dealkylation sites (N-methyl/N-ethyl adjacent to an activating group) is 1. The Morgan fingerprint density at radius 2 is 2.16 bits per heavy atom. The van der Waals surface area contributed by atoms with Crippen LogP contribution in [0.25, 0.3) is 0 Å². The third kappa shape index (κ3) is 4.93. The second-order valence-electron chi connectivity index (χ2n) is 5.75. The van der Waals surface area contributed by atoms with E-state index in [1.807, 2.05) is 0 Å². The molecule has 1 amide bonds. The maximum atomic E-state index is 12.5. The van der Waals surface area contributed by atoms with Crippen molar-refractivity contribution in [2.24, 2.45) is 5.92 Å². The first-order chi connectivity index (χ1) is 11.8. The van der Waals surface area contributed by atoms with Gasteiger partial charge in [-0.25, -0.2) is 8.42 Å². The summed E-state index contributed by atoms with van der Waals surface area (Å²) in [7, 11) is -2.41. The molecule has 0 aromatic carbocycles. The highest BCUT2D eigenvalue weighted by molar-refractivity contribution is 7.91. The number of sulfonamides is 1. The molecule has 1 fully saturated rings. The number of carbonyl (C=O) groups is 2. The van der Waals surface area contributed by atoms with Gasteiger partial charge in [0.1, 0.15) is 4.21 Å². The average molecular weight is 409 g/mol. The largest absolute Gasteiger partial charge is 0.466 e. The lowest BCUT2D eigenvalue weighted by Gasteiger charge is -2.32. The number of thiophene rings is 1. The molecule has 1 saturated heterocycles. The Morgan fingerprint density at radius 3 is 2.76 bits per heavy atom. The Morgan fingerprint density at radius 1 is 1.44 bits per heavy atom. The van der Waals surface area contributed by atoms with Crippen molar-refractivity contribution in [1.82, 2.24) is 9.21 Å². The number of amides is 1. The Bertz CT molecular complexity index is 734. The number of ether oxygens (including phenoxy) is 1. The summed E-state index contributed by atoms with van der Waals surface area (Å²) in [6.07, 6.45) is 1.36. The van der Waals surface area contributed by atoms with Gasteiger partial charge in [-0.2, -0.15) is 4.31 Å². The van der Waals surface area contributed by atoms with Crippen LogP contribution >= 0.6 is 22.9 Å². The molecule has 0 bridgehead atoms. The van der Waals surface area contributed by atoms with Gasteiger partial charge < -0.3 is 9.64 Å². The predicted molar refractivity (Wildman–Crippen MR) is 95.1 cm³/mol. The third-order valence-corrected chi connectivity index (χ3v) is 7.47. The van der Waals surface area contributed by atoms with E-state index in [0.29, 0.717) is 30.3 Å². The molecular formula is C15H21ClN2O5S2. The van der Waals surface area contributed by atoms with Crippen molar-refractivity contribution in [3.05, 3.63) is 16.5 Å². The van der Waals surface area contributed by atoms with Crippen molar-refractivity contribution in [1.29, 1.82) is 0 Å². The zero-order valence-electron chi connectivity index (χ0n) is 14.1. The molecule has 1 aromatic rings. The fourth-order valence-electron chi connectivity index (χ4n) is 2.62. The molecule has 1 atom stereocenters. The van der Waals surface area contributed by atoms with E-state index >= 15 is 0 Å². The summed E-state index contributed by atoms with van der Waals surface area (Å²) in [5.74, 6) is -0.993. The van der Waals surface area contributed by atoms with Crippen LogP contribution in [0.2, 0.25) is 4.34 Å². The molecule has 2 heterocycles. The van der Waals surface area contributed by atoms with Crippen molar-refractivity contribution >= 4 is 44.8 Å². The first-order valence-corrected chi connectivity index (χ1v) is 10.5. The quantitative estimate of drug-likeness (QED) is 0.670. The molecule has 1 aliphatic heterocycles. The van der Waals surface area contributed by atoms with Crippen LogP contribution in [0.15, 0.2) is 16.3 Å². The number of carbonyl (C=O) groups excluding carboxylic acids is 2. The lowest BCUT2D eigenvalue weighted by molar-refractivity contribution is -0.151. The molecule has 2 rings (SSSR count). The van der Waals surface area contributed by atoms with Gasteiger partial charge in [0.2, 0.25) is 5.91 Å². The van der Waals surface area contributed by atoms with E-state index in [2.05, 4.69) is 0 Å². The van der Waals surface area contributed by atoms with Crippen molar-refractivity contribution in [2.45, 2.75) is 24.0 Å². The van der Waals surface area contributed by atoms with Gasteiger partial charge in [-0.3, -0.25) is 9.59 Å². The van der Waals surface area contributed by atoms with Crippen LogP contribution in [0, 0.1) is 5.92 Å². The summed E-state index contributed by atoms with van der Waals surface area (Å²) in [4.78, 5) is 25.8. The van der Waals surface area contributed by atoms with Crippen LogP contribution in [-0.4, -0.2) is 62.8 Å². The smallest absolute Gasteiger partial charge is 0.310 e. The summed E-state index contributed by atoms with van der Waals surface area (Å²) < 4.78 is 31.4. The number of piperidine rings is 1. The lowest BCUT2D eigenvalue weighted by Crippen LogP contribution is -2.47. The monoisotopic (exact) mass is 408 g/mol. The summed E-state index contributed by atoms with van der Waals surface area (Å²) in [5, 5.41) is 0. The minimum absolute atomic E-state index is 0.0934. The van der Waals surface area contributed by atoms with E-state index in [4.69, 9.17) is 16.3 Å². The van der Waals surface area contributed by atoms with Crippen molar-refractivity contribution in [3.8, 4) is 0 Å². The molecule has 0 N–H and O–H groups in total. The van der Waals surface area contributed by atoms with Crippen LogP contribution in [0.4, 0.5) is 0 Å². The molecule has 1 aromatic heterocycles. The SMILES string of the molecule is CCOC(=O)C1CCCN(C(=O)CN(C)S(=O)(=O)c2ccc(Cl)s2)C1. The minimum Gasteiger partial charge on any atom is -0.466 e. The number of hydrogen-bond donors (Lipinski definition) is 0. The van der Waals surface area contributed by atoms with Gasteiger partial charge in [0, 0.05) is 20.1 Å². The van der Waals surface area contributed by atoms with Gasteiger partial charge in [-0.05, 0) is 31.9 Å². The molecule has 140 valence electrons. The van der Waals surface area contributed by atoms with Crippen LogP contribution in [0.1, 0.15) is 19.8 Å². The molecule has 25 heavy (non-hydrogen) atoms. The van der Waals surface area contributed by atoms with E-state index in [-0.39, 0.29) is 35.1 Å². The molecule has 10 heteroatoms. The molecule has 0 aliphatic carbocycles. The highest BCUT2D eigenvalue weighted by atomic mass is 35.5. The highest BCUT2D eigenvalue weighted by Crippen LogP contribution is 2.27. The zero-order valence-corrected chi connectivity index (χ0v) is 16.5. The topological polar surface area (TPSA) is 84.0 Å². The Labute approximate surface area is 156 Å². The number of halogens is 1. The van der Waals surface area contributed by atoms with Crippen LogP contribution < -0.4 is 0 Å². The maximum absolute atomic E-state index is 12.5. The van der Waals surface area contributed by atoms with E-state index < -0.39 is 10.0 Å². The Hall–Kier alpha value is -1.16. The summed E-state index contributed by atoms with van der Waals surface area (Å²) in [6, 6.07) is 2.92. The van der Waals surface area contributed by atoms with Crippen LogP contribution in [0.5, 0.6) is 0 Å². The summed E-state index contributed by atoms with van der Waals surface area (Å²) >= 11 is 6.73. The fraction of sp³-hybridized carbons (Fsp3) is 0.600. The maximum Gasteiger partial charge on any atom is 0.310 e. The van der Waals surface area contributed by atoms with Gasteiger partial charge >= 0.3 is 5.97 Å². The minimum atomic E-state index is -3.76. The van der Waals surface area contributed by atoms with E-state index in [0.717, 1.165) is 15.6 Å². The number of nitrogens with zero attached hydrogens (tertiary/aromatic N) is 2. The number of hydrogen-bond acceptors (Lipinski definition) is 6. The average Bonchev–Trinajstić information content (AvgIpc) is 3.02. The van der Waals surface area contributed by atoms with Crippen LogP contribution in [-0.2, 0) is 24.3 Å². The fourth-order valence-corrected chi connectivity index (χ4v) is 5.44. The Balaban J connectivity index is 2.00. The normalized spacial score (nSPS) is 18.4. The second kappa shape index (κ2) is 8.48. The zero-order chi connectivity index (χ0) is 18.6. The van der Waals surface area contributed by atoms with Gasteiger partial charge in [0.25, 0.3) is 10.0 Å².